The zero-order chi connectivity index (χ0) is 21.3. The molecule has 1 saturated heterocycles. The number of carbonyl (C=O) groups excluding carboxylic acids is 1. The Morgan fingerprint density at radius 2 is 2.10 bits per heavy atom. The smallest absolute Gasteiger partial charge is 0.272 e. The number of aryl methyl sites for hydroxylation is 1. The summed E-state index contributed by atoms with van der Waals surface area (Å²) in [6.45, 7) is 8.56. The summed E-state index contributed by atoms with van der Waals surface area (Å²) in [6.07, 6.45) is 6.65. The Kier molecular flexibility index (Phi) is 5.66. The van der Waals surface area contributed by atoms with Crippen LogP contribution in [0.25, 0.3) is 23.0 Å². The number of nitrogens with zero attached hydrogens (tertiary/aromatic N) is 4. The first-order valence-corrected chi connectivity index (χ1v) is 10.6. The summed E-state index contributed by atoms with van der Waals surface area (Å²) < 4.78 is 16.3. The van der Waals surface area contributed by atoms with Crippen LogP contribution in [0.2, 0.25) is 0 Å². The van der Waals surface area contributed by atoms with Gasteiger partial charge in [0.2, 0.25) is 0 Å². The highest BCUT2D eigenvalue weighted by Gasteiger charge is 2.25. The first-order chi connectivity index (χ1) is 14.5. The van der Waals surface area contributed by atoms with Gasteiger partial charge in [-0.2, -0.15) is 5.10 Å². The summed E-state index contributed by atoms with van der Waals surface area (Å²) in [6, 6.07) is 8.72. The Labute approximate surface area is 176 Å². The average molecular weight is 407 g/mol. The molecule has 1 aliphatic rings. The molecule has 1 amide bonds. The lowest BCUT2D eigenvalue weighted by molar-refractivity contribution is 0.0692. The Balaban J connectivity index is 1.75. The van der Waals surface area contributed by atoms with E-state index in [0.717, 1.165) is 37.9 Å². The molecule has 156 valence electrons. The minimum Gasteiger partial charge on any atom is -0.335 e. The zero-order valence-corrected chi connectivity index (χ0v) is 17.6. The summed E-state index contributed by atoms with van der Waals surface area (Å²) in [7, 11) is 0. The van der Waals surface area contributed by atoms with Crippen LogP contribution in [-0.4, -0.2) is 38.0 Å². The normalized spacial score (nSPS) is 17.2. The van der Waals surface area contributed by atoms with Gasteiger partial charge in [0, 0.05) is 29.9 Å². The number of hydrogen-bond donors (Lipinski definition) is 0. The van der Waals surface area contributed by atoms with Crippen molar-refractivity contribution in [3.05, 3.63) is 59.7 Å². The number of rotatable bonds is 4. The van der Waals surface area contributed by atoms with E-state index in [2.05, 4.69) is 23.6 Å². The third-order valence-corrected chi connectivity index (χ3v) is 5.90. The highest BCUT2D eigenvalue weighted by molar-refractivity contribution is 5.93. The summed E-state index contributed by atoms with van der Waals surface area (Å²) in [5.41, 5.74) is 3.48. The van der Waals surface area contributed by atoms with Crippen molar-refractivity contribution in [3.63, 3.8) is 0 Å². The number of aromatic nitrogens is 3. The van der Waals surface area contributed by atoms with Crippen molar-refractivity contribution >= 4 is 17.6 Å². The first kappa shape index (κ1) is 20.3. The third-order valence-electron chi connectivity index (χ3n) is 5.90. The maximum Gasteiger partial charge on any atom is 0.272 e. The first-order valence-electron chi connectivity index (χ1n) is 10.6. The van der Waals surface area contributed by atoms with Gasteiger partial charge in [0.15, 0.2) is 5.65 Å². The fraction of sp³-hybridized carbons (Fsp3) is 0.375. The molecule has 0 unspecified atom stereocenters. The van der Waals surface area contributed by atoms with E-state index in [-0.39, 0.29) is 17.8 Å². The standard InChI is InChI=1S/C24H27FN4O/c1-4-17-10-11-19(20(25)13-17)21-15-23-26-22(14-18(5-2)29(23)27-21)24(30)28-12-8-6-7-9-16(28)3/h4,10-11,13-16H,1,5-9,12H2,2-3H3/t16-/m1/s1. The predicted octanol–water partition coefficient (Wildman–Crippen LogP) is 5.15. The molecule has 5 nitrogen and oxygen atoms in total. The van der Waals surface area contributed by atoms with Crippen LogP contribution in [0.15, 0.2) is 36.9 Å². The van der Waals surface area contributed by atoms with Crippen molar-refractivity contribution in [1.82, 2.24) is 19.5 Å². The number of carbonyl (C=O) groups is 1. The fourth-order valence-corrected chi connectivity index (χ4v) is 4.12. The molecule has 0 radical (unpaired) electrons. The van der Waals surface area contributed by atoms with Gasteiger partial charge in [0.05, 0.1) is 5.69 Å². The zero-order valence-electron chi connectivity index (χ0n) is 17.6. The molecule has 1 atom stereocenters. The van der Waals surface area contributed by atoms with Gasteiger partial charge in [-0.3, -0.25) is 4.79 Å². The van der Waals surface area contributed by atoms with Crippen LogP contribution in [0.3, 0.4) is 0 Å². The number of halogens is 1. The van der Waals surface area contributed by atoms with Gasteiger partial charge < -0.3 is 4.90 Å². The van der Waals surface area contributed by atoms with Gasteiger partial charge in [-0.05, 0) is 49.9 Å². The third kappa shape index (κ3) is 3.74. The minimum absolute atomic E-state index is 0.0362. The van der Waals surface area contributed by atoms with Gasteiger partial charge in [0.1, 0.15) is 11.5 Å². The van der Waals surface area contributed by atoms with E-state index in [1.807, 2.05) is 17.9 Å². The van der Waals surface area contributed by atoms with Crippen molar-refractivity contribution < 1.29 is 9.18 Å². The van der Waals surface area contributed by atoms with Gasteiger partial charge in [-0.1, -0.05) is 38.5 Å². The lowest BCUT2D eigenvalue weighted by Gasteiger charge is -2.27. The van der Waals surface area contributed by atoms with Crippen LogP contribution in [0, 0.1) is 5.82 Å². The predicted molar refractivity (Wildman–Crippen MR) is 117 cm³/mol. The summed E-state index contributed by atoms with van der Waals surface area (Å²) >= 11 is 0. The number of hydrogen-bond acceptors (Lipinski definition) is 3. The quantitative estimate of drug-likeness (QED) is 0.602. The van der Waals surface area contributed by atoms with E-state index in [4.69, 9.17) is 0 Å². The lowest BCUT2D eigenvalue weighted by atomic mass is 10.1. The molecule has 0 saturated carbocycles. The molecule has 1 aromatic carbocycles. The van der Waals surface area contributed by atoms with E-state index in [9.17, 15) is 9.18 Å². The molecule has 0 bridgehead atoms. The van der Waals surface area contributed by atoms with Crippen molar-refractivity contribution in [3.8, 4) is 11.3 Å². The Bertz CT molecular complexity index is 1100. The van der Waals surface area contributed by atoms with Crippen molar-refractivity contribution in [1.29, 1.82) is 0 Å². The molecule has 0 N–H and O–H groups in total. The molecule has 4 rings (SSSR count). The SMILES string of the molecule is C=Cc1ccc(-c2cc3nc(C(=O)N4CCCCC[C@H]4C)cc(CC)n3n2)c(F)c1. The van der Waals surface area contributed by atoms with Gasteiger partial charge >= 0.3 is 0 Å². The van der Waals surface area contributed by atoms with Crippen LogP contribution >= 0.6 is 0 Å². The van der Waals surface area contributed by atoms with Crippen LogP contribution in [-0.2, 0) is 6.42 Å². The monoisotopic (exact) mass is 406 g/mol. The number of likely N-dealkylation sites (tertiary alicyclic amines) is 1. The van der Waals surface area contributed by atoms with Crippen molar-refractivity contribution in [2.45, 2.75) is 52.0 Å². The molecule has 6 heteroatoms. The molecular weight excluding hydrogens is 379 g/mol. The Morgan fingerprint density at radius 3 is 2.83 bits per heavy atom. The van der Waals surface area contributed by atoms with E-state index in [0.29, 0.717) is 34.6 Å². The molecular formula is C24H27FN4O. The molecule has 1 fully saturated rings. The largest absolute Gasteiger partial charge is 0.335 e. The summed E-state index contributed by atoms with van der Waals surface area (Å²) in [4.78, 5) is 19.8. The molecule has 0 aliphatic carbocycles. The van der Waals surface area contributed by atoms with Crippen LogP contribution in [0.1, 0.15) is 61.3 Å². The van der Waals surface area contributed by atoms with E-state index in [1.54, 1.807) is 28.8 Å². The average Bonchev–Trinajstić information content (AvgIpc) is 3.06. The second-order valence-corrected chi connectivity index (χ2v) is 7.93. The number of fused-ring (bicyclic) bond motifs is 1. The van der Waals surface area contributed by atoms with Crippen molar-refractivity contribution in [2.75, 3.05) is 6.54 Å². The van der Waals surface area contributed by atoms with Crippen LogP contribution in [0.4, 0.5) is 4.39 Å². The Morgan fingerprint density at radius 1 is 1.27 bits per heavy atom. The molecule has 2 aromatic heterocycles. The number of amides is 1. The number of benzene rings is 1. The lowest BCUT2D eigenvalue weighted by Crippen LogP contribution is -2.38. The van der Waals surface area contributed by atoms with Gasteiger partial charge in [-0.15, -0.1) is 0 Å². The highest BCUT2D eigenvalue weighted by atomic mass is 19.1. The van der Waals surface area contributed by atoms with E-state index >= 15 is 0 Å². The van der Waals surface area contributed by atoms with E-state index in [1.165, 1.54) is 6.07 Å². The maximum absolute atomic E-state index is 14.6. The molecule has 30 heavy (non-hydrogen) atoms. The second kappa shape index (κ2) is 8.38. The molecule has 3 aromatic rings. The summed E-state index contributed by atoms with van der Waals surface area (Å²) in [5, 5.41) is 4.58. The minimum atomic E-state index is -0.358. The topological polar surface area (TPSA) is 50.5 Å². The Hall–Kier alpha value is -3.02. The maximum atomic E-state index is 14.6. The van der Waals surface area contributed by atoms with Gasteiger partial charge in [0.25, 0.3) is 5.91 Å². The molecule has 3 heterocycles. The molecule has 0 spiro atoms. The summed E-state index contributed by atoms with van der Waals surface area (Å²) in [5.74, 6) is -0.394. The molecule has 1 aliphatic heterocycles. The van der Waals surface area contributed by atoms with Crippen molar-refractivity contribution in [2.24, 2.45) is 0 Å². The van der Waals surface area contributed by atoms with Crippen LogP contribution < -0.4 is 0 Å². The van der Waals surface area contributed by atoms with Gasteiger partial charge in [-0.25, -0.2) is 13.9 Å². The van der Waals surface area contributed by atoms with Crippen LogP contribution in [0.5, 0.6) is 0 Å². The second-order valence-electron chi connectivity index (χ2n) is 7.93. The van der Waals surface area contributed by atoms with E-state index < -0.39 is 0 Å². The fourth-order valence-electron chi connectivity index (χ4n) is 4.12. The highest BCUT2D eigenvalue weighted by Crippen LogP contribution is 2.25.